The summed E-state index contributed by atoms with van der Waals surface area (Å²) in [6, 6.07) is 17.8. The second kappa shape index (κ2) is 8.04. The van der Waals surface area contributed by atoms with Crippen LogP contribution in [0.1, 0.15) is 39.2 Å². The molecule has 3 rings (SSSR count). The molecule has 0 bridgehead atoms. The van der Waals surface area contributed by atoms with Crippen LogP contribution in [0.4, 0.5) is 5.69 Å². The van der Waals surface area contributed by atoms with E-state index in [1.54, 1.807) is 0 Å². The monoisotopic (exact) mass is 366 g/mol. The quantitative estimate of drug-likeness (QED) is 0.818. The van der Waals surface area contributed by atoms with Crippen LogP contribution in [0.15, 0.2) is 48.5 Å². The van der Waals surface area contributed by atoms with Crippen LogP contribution < -0.4 is 10.2 Å². The Balaban J connectivity index is 1.61. The summed E-state index contributed by atoms with van der Waals surface area (Å²) in [4.78, 5) is 2.12. The van der Waals surface area contributed by atoms with Gasteiger partial charge < -0.3 is 15.3 Å². The minimum Gasteiger partial charge on any atom is -0.391 e. The summed E-state index contributed by atoms with van der Waals surface area (Å²) >= 11 is 0. The van der Waals surface area contributed by atoms with E-state index in [-0.39, 0.29) is 17.7 Å². The number of aliphatic hydroxyl groups is 1. The van der Waals surface area contributed by atoms with E-state index in [2.05, 4.69) is 93.6 Å². The fourth-order valence-electron chi connectivity index (χ4n) is 4.11. The summed E-state index contributed by atoms with van der Waals surface area (Å²) in [6.45, 7) is 6.49. The number of nitrogens with zero attached hydrogens (tertiary/aromatic N) is 1. The van der Waals surface area contributed by atoms with Gasteiger partial charge in [0.15, 0.2) is 0 Å². The number of hydrogen-bond donors (Lipinski definition) is 2. The molecule has 0 spiro atoms. The molecule has 0 amide bonds. The lowest BCUT2D eigenvalue weighted by Crippen LogP contribution is -2.47. The smallest absolute Gasteiger partial charge is 0.0696 e. The van der Waals surface area contributed by atoms with Crippen molar-refractivity contribution in [2.75, 3.05) is 19.0 Å². The molecule has 0 radical (unpaired) electrons. The molecule has 0 unspecified atom stereocenters. The van der Waals surface area contributed by atoms with Gasteiger partial charge in [-0.2, -0.15) is 0 Å². The predicted octanol–water partition coefficient (Wildman–Crippen LogP) is 4.49. The first-order valence-electron chi connectivity index (χ1n) is 10.0. The molecule has 3 atom stereocenters. The Hall–Kier alpha value is -1.84. The highest BCUT2D eigenvalue weighted by Crippen LogP contribution is 2.31. The van der Waals surface area contributed by atoms with Crippen LogP contribution in [-0.4, -0.2) is 36.9 Å². The molecule has 0 saturated heterocycles. The molecule has 0 aromatic heterocycles. The topological polar surface area (TPSA) is 35.5 Å². The Labute approximate surface area is 164 Å². The van der Waals surface area contributed by atoms with Gasteiger partial charge in [0, 0.05) is 31.4 Å². The standard InChI is InChI=1S/C24H34N2O/c1-24(2,3)25-22-15-18(16-23(22)27)14-17-6-8-19(9-7-17)20-10-12-21(13-11-20)26(4)5/h6-13,18,22-23,25,27H,14-16H2,1-5H3/t18-,22+,23+/m0/s1. The molecule has 3 nitrogen and oxygen atoms in total. The van der Waals surface area contributed by atoms with Gasteiger partial charge in [-0.15, -0.1) is 0 Å². The van der Waals surface area contributed by atoms with Crippen LogP contribution in [0.25, 0.3) is 11.1 Å². The zero-order chi connectivity index (χ0) is 19.6. The SMILES string of the molecule is CN(C)c1ccc(-c2ccc(C[C@@H]3C[C@@H](O)[C@H](NC(C)(C)C)C3)cc2)cc1. The molecule has 0 heterocycles. The lowest BCUT2D eigenvalue weighted by Gasteiger charge is -2.27. The molecule has 27 heavy (non-hydrogen) atoms. The lowest BCUT2D eigenvalue weighted by molar-refractivity contribution is 0.133. The summed E-state index contributed by atoms with van der Waals surface area (Å²) in [5, 5.41) is 14.0. The third-order valence-electron chi connectivity index (χ3n) is 5.44. The molecule has 2 aromatic carbocycles. The van der Waals surface area contributed by atoms with Crippen molar-refractivity contribution in [1.29, 1.82) is 0 Å². The number of anilines is 1. The summed E-state index contributed by atoms with van der Waals surface area (Å²) in [5.74, 6) is 0.546. The van der Waals surface area contributed by atoms with Crippen molar-refractivity contribution in [3.63, 3.8) is 0 Å². The van der Waals surface area contributed by atoms with Gasteiger partial charge in [-0.3, -0.25) is 0 Å². The average molecular weight is 367 g/mol. The van der Waals surface area contributed by atoms with E-state index in [4.69, 9.17) is 0 Å². The molecule has 1 aliphatic carbocycles. The molecule has 3 heteroatoms. The van der Waals surface area contributed by atoms with E-state index >= 15 is 0 Å². The molecule has 1 saturated carbocycles. The molecular weight excluding hydrogens is 332 g/mol. The van der Waals surface area contributed by atoms with Crippen molar-refractivity contribution in [1.82, 2.24) is 5.32 Å². The largest absolute Gasteiger partial charge is 0.391 e. The van der Waals surface area contributed by atoms with Gasteiger partial charge in [0.05, 0.1) is 6.10 Å². The second-order valence-corrected chi connectivity index (χ2v) is 9.25. The zero-order valence-corrected chi connectivity index (χ0v) is 17.4. The van der Waals surface area contributed by atoms with Crippen molar-refractivity contribution >= 4 is 5.69 Å². The second-order valence-electron chi connectivity index (χ2n) is 9.25. The Bertz CT molecular complexity index is 728. The number of benzene rings is 2. The maximum absolute atomic E-state index is 10.4. The van der Waals surface area contributed by atoms with Gasteiger partial charge in [0.25, 0.3) is 0 Å². The van der Waals surface area contributed by atoms with Gasteiger partial charge in [-0.05, 0) is 74.8 Å². The highest BCUT2D eigenvalue weighted by atomic mass is 16.3. The first-order chi connectivity index (χ1) is 12.7. The van der Waals surface area contributed by atoms with Crippen LogP contribution in [0.3, 0.4) is 0 Å². The fourth-order valence-corrected chi connectivity index (χ4v) is 4.11. The summed E-state index contributed by atoms with van der Waals surface area (Å²) in [7, 11) is 4.12. The van der Waals surface area contributed by atoms with Crippen molar-refractivity contribution in [2.45, 2.75) is 57.7 Å². The van der Waals surface area contributed by atoms with Crippen LogP contribution in [-0.2, 0) is 6.42 Å². The van der Waals surface area contributed by atoms with Gasteiger partial charge in [-0.1, -0.05) is 36.4 Å². The Kier molecular flexibility index (Phi) is 5.92. The van der Waals surface area contributed by atoms with E-state index in [9.17, 15) is 5.11 Å². The van der Waals surface area contributed by atoms with Crippen LogP contribution in [0.2, 0.25) is 0 Å². The first kappa shape index (κ1) is 19.9. The van der Waals surface area contributed by atoms with E-state index in [1.807, 2.05) is 0 Å². The van der Waals surface area contributed by atoms with E-state index in [0.717, 1.165) is 19.3 Å². The van der Waals surface area contributed by atoms with Crippen molar-refractivity contribution < 1.29 is 5.11 Å². The molecule has 0 aliphatic heterocycles. The minimum absolute atomic E-state index is 0.0459. The van der Waals surface area contributed by atoms with Crippen molar-refractivity contribution in [3.05, 3.63) is 54.1 Å². The Morgan fingerprint density at radius 1 is 0.926 bits per heavy atom. The average Bonchev–Trinajstić information content (AvgIpc) is 2.93. The van der Waals surface area contributed by atoms with E-state index in [1.165, 1.54) is 22.4 Å². The maximum Gasteiger partial charge on any atom is 0.0696 e. The number of nitrogens with one attached hydrogen (secondary N) is 1. The zero-order valence-electron chi connectivity index (χ0n) is 17.4. The van der Waals surface area contributed by atoms with E-state index < -0.39 is 0 Å². The summed E-state index contributed by atoms with van der Waals surface area (Å²) in [6.07, 6.45) is 2.75. The fraction of sp³-hybridized carbons (Fsp3) is 0.500. The number of hydrogen-bond acceptors (Lipinski definition) is 3. The predicted molar refractivity (Wildman–Crippen MR) is 115 cm³/mol. The normalized spacial score (nSPS) is 22.8. The molecule has 2 aromatic rings. The Morgan fingerprint density at radius 2 is 1.48 bits per heavy atom. The molecule has 2 N–H and O–H groups in total. The van der Waals surface area contributed by atoms with Crippen molar-refractivity contribution in [3.8, 4) is 11.1 Å². The molecule has 1 fully saturated rings. The summed E-state index contributed by atoms with van der Waals surface area (Å²) in [5.41, 5.74) is 5.12. The van der Waals surface area contributed by atoms with Gasteiger partial charge >= 0.3 is 0 Å². The number of aliphatic hydroxyl groups excluding tert-OH is 1. The summed E-state index contributed by atoms with van der Waals surface area (Å²) < 4.78 is 0. The first-order valence-corrected chi connectivity index (χ1v) is 10.0. The Morgan fingerprint density at radius 3 is 2.00 bits per heavy atom. The molecule has 1 aliphatic rings. The van der Waals surface area contributed by atoms with E-state index in [0.29, 0.717) is 5.92 Å². The van der Waals surface area contributed by atoms with Gasteiger partial charge in [0.1, 0.15) is 0 Å². The molecule has 146 valence electrons. The van der Waals surface area contributed by atoms with Gasteiger partial charge in [-0.25, -0.2) is 0 Å². The highest BCUT2D eigenvalue weighted by molar-refractivity contribution is 5.66. The maximum atomic E-state index is 10.4. The van der Waals surface area contributed by atoms with Crippen LogP contribution >= 0.6 is 0 Å². The lowest BCUT2D eigenvalue weighted by atomic mass is 9.95. The third kappa shape index (κ3) is 5.33. The minimum atomic E-state index is -0.233. The highest BCUT2D eigenvalue weighted by Gasteiger charge is 2.34. The van der Waals surface area contributed by atoms with Crippen molar-refractivity contribution in [2.24, 2.45) is 5.92 Å². The van der Waals surface area contributed by atoms with Crippen LogP contribution in [0.5, 0.6) is 0 Å². The third-order valence-corrected chi connectivity index (χ3v) is 5.44. The molecular formula is C24H34N2O. The van der Waals surface area contributed by atoms with Crippen LogP contribution in [0, 0.1) is 5.92 Å². The van der Waals surface area contributed by atoms with Gasteiger partial charge in [0.2, 0.25) is 0 Å². The number of rotatable bonds is 5.